The van der Waals surface area contributed by atoms with E-state index >= 15 is 0 Å². The Morgan fingerprint density at radius 1 is 1.21 bits per heavy atom. The van der Waals surface area contributed by atoms with E-state index in [1.54, 1.807) is 0 Å². The first kappa shape index (κ1) is 15.3. The standard InChI is InChI=1S/C16H32N2O/c1-5-8-18(16(11-19-4)12(2)3)15-9-13-6-7-14(10-15)17-13/h12-17H,5-11H2,1-4H3. The molecule has 0 aromatic carbocycles. The van der Waals surface area contributed by atoms with Crippen LogP contribution in [0.4, 0.5) is 0 Å². The van der Waals surface area contributed by atoms with Crippen molar-refractivity contribution in [3.8, 4) is 0 Å². The van der Waals surface area contributed by atoms with E-state index in [0.717, 1.165) is 24.7 Å². The Bertz CT molecular complexity index is 257. The third-order valence-electron chi connectivity index (χ3n) is 4.93. The van der Waals surface area contributed by atoms with Crippen molar-refractivity contribution < 1.29 is 4.74 Å². The molecule has 2 aliphatic rings. The van der Waals surface area contributed by atoms with Crippen molar-refractivity contribution in [3.05, 3.63) is 0 Å². The summed E-state index contributed by atoms with van der Waals surface area (Å²) in [5.41, 5.74) is 0. The van der Waals surface area contributed by atoms with E-state index in [1.807, 2.05) is 7.11 Å². The maximum absolute atomic E-state index is 5.50. The summed E-state index contributed by atoms with van der Waals surface area (Å²) >= 11 is 0. The van der Waals surface area contributed by atoms with Gasteiger partial charge in [0.05, 0.1) is 6.61 Å². The minimum absolute atomic E-state index is 0.576. The highest BCUT2D eigenvalue weighted by atomic mass is 16.5. The van der Waals surface area contributed by atoms with Gasteiger partial charge in [-0.05, 0) is 44.6 Å². The summed E-state index contributed by atoms with van der Waals surface area (Å²) in [6, 6.07) is 2.89. The third kappa shape index (κ3) is 3.71. The molecule has 3 atom stereocenters. The summed E-state index contributed by atoms with van der Waals surface area (Å²) in [5.74, 6) is 0.666. The number of fused-ring (bicyclic) bond motifs is 2. The topological polar surface area (TPSA) is 24.5 Å². The summed E-state index contributed by atoms with van der Waals surface area (Å²) in [4.78, 5) is 2.76. The van der Waals surface area contributed by atoms with Crippen molar-refractivity contribution in [2.24, 2.45) is 5.92 Å². The fraction of sp³-hybridized carbons (Fsp3) is 1.00. The molecule has 2 aliphatic heterocycles. The van der Waals surface area contributed by atoms with Crippen LogP contribution in [-0.4, -0.2) is 49.3 Å². The fourth-order valence-electron chi connectivity index (χ4n) is 4.02. The number of rotatable bonds is 7. The quantitative estimate of drug-likeness (QED) is 0.768. The number of hydrogen-bond acceptors (Lipinski definition) is 3. The number of nitrogens with zero attached hydrogens (tertiary/aromatic N) is 1. The van der Waals surface area contributed by atoms with Crippen LogP contribution in [0.1, 0.15) is 52.9 Å². The summed E-state index contributed by atoms with van der Waals surface area (Å²) < 4.78 is 5.50. The van der Waals surface area contributed by atoms with Crippen LogP contribution in [0, 0.1) is 5.92 Å². The van der Waals surface area contributed by atoms with Crippen LogP contribution in [0.2, 0.25) is 0 Å². The lowest BCUT2D eigenvalue weighted by Gasteiger charge is -2.43. The predicted molar refractivity (Wildman–Crippen MR) is 80.5 cm³/mol. The van der Waals surface area contributed by atoms with Crippen LogP contribution in [-0.2, 0) is 4.74 Å². The van der Waals surface area contributed by atoms with Gasteiger partial charge in [0, 0.05) is 31.3 Å². The number of nitrogens with one attached hydrogen (secondary N) is 1. The summed E-state index contributed by atoms with van der Waals surface area (Å²) in [5, 5.41) is 3.76. The largest absolute Gasteiger partial charge is 0.383 e. The van der Waals surface area contributed by atoms with Crippen LogP contribution >= 0.6 is 0 Å². The van der Waals surface area contributed by atoms with Crippen molar-refractivity contribution in [2.45, 2.75) is 77.0 Å². The fourth-order valence-corrected chi connectivity index (χ4v) is 4.02. The lowest BCUT2D eigenvalue weighted by molar-refractivity contribution is 0.0203. The van der Waals surface area contributed by atoms with E-state index in [4.69, 9.17) is 4.74 Å². The molecule has 2 rings (SSSR count). The Morgan fingerprint density at radius 3 is 2.32 bits per heavy atom. The number of ether oxygens (including phenoxy) is 1. The number of methoxy groups -OCH3 is 1. The maximum Gasteiger partial charge on any atom is 0.0620 e. The zero-order chi connectivity index (χ0) is 13.8. The minimum Gasteiger partial charge on any atom is -0.383 e. The van der Waals surface area contributed by atoms with Gasteiger partial charge in [-0.25, -0.2) is 0 Å². The van der Waals surface area contributed by atoms with Gasteiger partial charge in [0.15, 0.2) is 0 Å². The van der Waals surface area contributed by atoms with Gasteiger partial charge in [0.1, 0.15) is 0 Å². The molecule has 3 unspecified atom stereocenters. The molecule has 2 heterocycles. The molecular formula is C16H32N2O. The van der Waals surface area contributed by atoms with Gasteiger partial charge in [0.25, 0.3) is 0 Å². The minimum atomic E-state index is 0.576. The lowest BCUT2D eigenvalue weighted by atomic mass is 9.93. The van der Waals surface area contributed by atoms with Gasteiger partial charge in [-0.2, -0.15) is 0 Å². The van der Waals surface area contributed by atoms with Crippen LogP contribution in [0.3, 0.4) is 0 Å². The van der Waals surface area contributed by atoms with Crippen molar-refractivity contribution in [1.29, 1.82) is 0 Å². The second kappa shape index (κ2) is 7.05. The zero-order valence-corrected chi connectivity index (χ0v) is 13.2. The Morgan fingerprint density at radius 2 is 1.84 bits per heavy atom. The molecular weight excluding hydrogens is 236 g/mol. The van der Waals surface area contributed by atoms with Crippen molar-refractivity contribution in [1.82, 2.24) is 10.2 Å². The maximum atomic E-state index is 5.50. The van der Waals surface area contributed by atoms with E-state index in [2.05, 4.69) is 31.0 Å². The Balaban J connectivity index is 2.05. The van der Waals surface area contributed by atoms with E-state index in [0.29, 0.717) is 12.0 Å². The third-order valence-corrected chi connectivity index (χ3v) is 4.93. The second-order valence-electron chi connectivity index (χ2n) is 6.77. The molecule has 1 N–H and O–H groups in total. The SMILES string of the molecule is CCCN(C1CC2CCC(C1)N2)C(COC)C(C)C. The molecule has 2 fully saturated rings. The molecule has 0 radical (unpaired) electrons. The number of piperidine rings is 1. The second-order valence-corrected chi connectivity index (χ2v) is 6.77. The molecule has 0 aliphatic carbocycles. The van der Waals surface area contributed by atoms with Crippen molar-refractivity contribution in [3.63, 3.8) is 0 Å². The Hall–Kier alpha value is -0.120. The zero-order valence-electron chi connectivity index (χ0n) is 13.2. The van der Waals surface area contributed by atoms with E-state index in [9.17, 15) is 0 Å². The first-order valence-corrected chi connectivity index (χ1v) is 8.16. The first-order chi connectivity index (χ1) is 9.15. The molecule has 0 aromatic heterocycles. The van der Waals surface area contributed by atoms with Gasteiger partial charge in [-0.1, -0.05) is 20.8 Å². The first-order valence-electron chi connectivity index (χ1n) is 8.16. The van der Waals surface area contributed by atoms with Gasteiger partial charge >= 0.3 is 0 Å². The van der Waals surface area contributed by atoms with Gasteiger partial charge in [-0.15, -0.1) is 0 Å². The molecule has 19 heavy (non-hydrogen) atoms. The van der Waals surface area contributed by atoms with Crippen molar-refractivity contribution >= 4 is 0 Å². The highest BCUT2D eigenvalue weighted by molar-refractivity contribution is 4.97. The van der Waals surface area contributed by atoms with Gasteiger partial charge in [0.2, 0.25) is 0 Å². The van der Waals surface area contributed by atoms with Gasteiger partial charge in [-0.3, -0.25) is 4.90 Å². The van der Waals surface area contributed by atoms with E-state index in [1.165, 1.54) is 38.6 Å². The molecule has 3 heteroatoms. The molecule has 0 saturated carbocycles. The molecule has 2 bridgehead atoms. The van der Waals surface area contributed by atoms with Gasteiger partial charge < -0.3 is 10.1 Å². The molecule has 2 saturated heterocycles. The van der Waals surface area contributed by atoms with Crippen LogP contribution in [0.15, 0.2) is 0 Å². The van der Waals surface area contributed by atoms with E-state index < -0.39 is 0 Å². The highest BCUT2D eigenvalue weighted by Crippen LogP contribution is 2.31. The smallest absolute Gasteiger partial charge is 0.0620 e. The van der Waals surface area contributed by atoms with E-state index in [-0.39, 0.29) is 0 Å². The normalized spacial score (nSPS) is 32.2. The molecule has 112 valence electrons. The highest BCUT2D eigenvalue weighted by Gasteiger charge is 2.38. The van der Waals surface area contributed by atoms with Crippen LogP contribution < -0.4 is 5.32 Å². The van der Waals surface area contributed by atoms with Crippen LogP contribution in [0.25, 0.3) is 0 Å². The average molecular weight is 268 g/mol. The Labute approximate surface area is 119 Å². The van der Waals surface area contributed by atoms with Crippen molar-refractivity contribution in [2.75, 3.05) is 20.3 Å². The summed E-state index contributed by atoms with van der Waals surface area (Å²) in [6.07, 6.45) is 6.69. The molecule has 0 aromatic rings. The Kier molecular flexibility index (Phi) is 5.67. The average Bonchev–Trinajstić information content (AvgIpc) is 2.72. The summed E-state index contributed by atoms with van der Waals surface area (Å²) in [7, 11) is 1.84. The number of hydrogen-bond donors (Lipinski definition) is 1. The molecule has 3 nitrogen and oxygen atoms in total. The lowest BCUT2D eigenvalue weighted by Crippen LogP contribution is -2.54. The summed E-state index contributed by atoms with van der Waals surface area (Å²) in [6.45, 7) is 9.06. The predicted octanol–water partition coefficient (Wildman–Crippen LogP) is 2.65. The molecule has 0 spiro atoms. The van der Waals surface area contributed by atoms with Crippen LogP contribution in [0.5, 0.6) is 0 Å². The molecule has 0 amide bonds. The monoisotopic (exact) mass is 268 g/mol.